The molecule has 2 aromatic heterocycles. The molecule has 2 aromatic carbocycles. The second-order valence-electron chi connectivity index (χ2n) is 9.32. The van der Waals surface area contributed by atoms with Gasteiger partial charge in [0.1, 0.15) is 0 Å². The molecule has 1 N–H and O–H groups in total. The quantitative estimate of drug-likeness (QED) is 0.175. The lowest BCUT2D eigenvalue weighted by Crippen LogP contribution is -2.09. The Morgan fingerprint density at radius 1 is 1.10 bits per heavy atom. The van der Waals surface area contributed by atoms with Gasteiger partial charge in [-0.25, -0.2) is 14.5 Å². The molecule has 10 heteroatoms. The Balaban J connectivity index is 1.91. The number of hydrogen-bond acceptors (Lipinski definition) is 6. The Labute approximate surface area is 225 Å². The van der Waals surface area contributed by atoms with E-state index in [-0.39, 0.29) is 29.6 Å². The minimum Gasteiger partial charge on any atom is -0.461 e. The molecule has 0 saturated heterocycles. The lowest BCUT2D eigenvalue weighted by atomic mass is 9.97. The van der Waals surface area contributed by atoms with Crippen LogP contribution in [-0.4, -0.2) is 47.6 Å². The lowest BCUT2D eigenvalue weighted by Gasteiger charge is -2.12. The molecule has 7 nitrogen and oxygen atoms in total. The van der Waals surface area contributed by atoms with Crippen molar-refractivity contribution in [3.8, 4) is 16.8 Å². The number of ether oxygens (including phenoxy) is 2. The molecule has 39 heavy (non-hydrogen) atoms. The number of pyridine rings is 1. The van der Waals surface area contributed by atoms with E-state index in [9.17, 15) is 18.0 Å². The van der Waals surface area contributed by atoms with Crippen LogP contribution < -0.4 is 5.32 Å². The minimum atomic E-state index is -4.52. The minimum absolute atomic E-state index is 0.0459. The molecule has 0 unspecified atom stereocenters. The second kappa shape index (κ2) is 11.9. The fourth-order valence-corrected chi connectivity index (χ4v) is 4.29. The molecule has 0 aliphatic carbocycles. The molecule has 0 saturated carbocycles. The average Bonchev–Trinajstić information content (AvgIpc) is 3.31. The van der Waals surface area contributed by atoms with Crippen molar-refractivity contribution in [2.45, 2.75) is 39.3 Å². The Kier molecular flexibility index (Phi) is 8.54. The second-order valence-corrected chi connectivity index (χ2v) is 9.32. The van der Waals surface area contributed by atoms with E-state index >= 15 is 0 Å². The summed E-state index contributed by atoms with van der Waals surface area (Å²) in [6, 6.07) is 14.3. The maximum Gasteiger partial charge on any atom is 0.416 e. The van der Waals surface area contributed by atoms with Gasteiger partial charge in [-0.15, -0.1) is 0 Å². The van der Waals surface area contributed by atoms with Gasteiger partial charge in [-0.2, -0.15) is 18.3 Å². The topological polar surface area (TPSA) is 78.3 Å². The number of halogens is 3. The summed E-state index contributed by atoms with van der Waals surface area (Å²) in [6.07, 6.45) is -3.66. The summed E-state index contributed by atoms with van der Waals surface area (Å²) in [4.78, 5) is 17.3. The van der Waals surface area contributed by atoms with Gasteiger partial charge in [-0.3, -0.25) is 0 Å². The summed E-state index contributed by atoms with van der Waals surface area (Å²) < 4.78 is 52.2. The van der Waals surface area contributed by atoms with E-state index < -0.39 is 17.7 Å². The number of aromatic nitrogens is 3. The third-order valence-electron chi connectivity index (χ3n) is 6.16. The van der Waals surface area contributed by atoms with Crippen LogP contribution in [0.3, 0.4) is 0 Å². The number of benzene rings is 2. The van der Waals surface area contributed by atoms with E-state index in [1.54, 1.807) is 20.1 Å². The Morgan fingerprint density at radius 2 is 1.85 bits per heavy atom. The third kappa shape index (κ3) is 6.22. The number of nitrogens with zero attached hydrogens (tertiary/aromatic N) is 3. The summed E-state index contributed by atoms with van der Waals surface area (Å²) >= 11 is 0. The highest BCUT2D eigenvalue weighted by molar-refractivity contribution is 6.00. The molecule has 0 aliphatic heterocycles. The maximum atomic E-state index is 13.5. The normalized spacial score (nSPS) is 11.8. The van der Waals surface area contributed by atoms with E-state index in [0.717, 1.165) is 36.3 Å². The Bertz CT molecular complexity index is 1450. The van der Waals surface area contributed by atoms with E-state index in [1.165, 1.54) is 16.8 Å². The molecule has 0 radical (unpaired) electrons. The van der Waals surface area contributed by atoms with Gasteiger partial charge < -0.3 is 14.8 Å². The fourth-order valence-electron chi connectivity index (χ4n) is 4.29. The Hall–Kier alpha value is -3.92. The van der Waals surface area contributed by atoms with Gasteiger partial charge in [-0.05, 0) is 66.8 Å². The summed E-state index contributed by atoms with van der Waals surface area (Å²) in [5, 5.41) is 8.70. The van der Waals surface area contributed by atoms with Crippen molar-refractivity contribution in [1.29, 1.82) is 0 Å². The number of hydrogen-bond donors (Lipinski definition) is 1. The van der Waals surface area contributed by atoms with Gasteiger partial charge in [0.25, 0.3) is 0 Å². The number of anilines is 1. The average molecular weight is 541 g/mol. The molecule has 2 heterocycles. The molecule has 4 rings (SSSR count). The fraction of sp³-hybridized carbons (Fsp3) is 0.345. The zero-order valence-corrected chi connectivity index (χ0v) is 22.3. The Morgan fingerprint density at radius 3 is 2.49 bits per heavy atom. The van der Waals surface area contributed by atoms with Crippen molar-refractivity contribution >= 4 is 22.7 Å². The smallest absolute Gasteiger partial charge is 0.416 e. The SMILES string of the molecule is CCOC(=O)c1cc(-c2ccc(NCCCOC)cc2)c2c(C(C)C)nn(-c3cccc(C(F)(F)F)c3)c2n1. The van der Waals surface area contributed by atoms with E-state index in [4.69, 9.17) is 14.6 Å². The molecule has 0 fully saturated rings. The van der Waals surface area contributed by atoms with Crippen LogP contribution >= 0.6 is 0 Å². The molecule has 0 spiro atoms. The van der Waals surface area contributed by atoms with Gasteiger partial charge in [0.05, 0.1) is 28.9 Å². The molecule has 0 atom stereocenters. The van der Waals surface area contributed by atoms with Gasteiger partial charge in [0.15, 0.2) is 11.3 Å². The molecular weight excluding hydrogens is 509 g/mol. The number of alkyl halides is 3. The third-order valence-corrected chi connectivity index (χ3v) is 6.16. The van der Waals surface area contributed by atoms with Crippen molar-refractivity contribution < 1.29 is 27.4 Å². The van der Waals surface area contributed by atoms with Crippen LogP contribution in [0.15, 0.2) is 54.6 Å². The van der Waals surface area contributed by atoms with Crippen LogP contribution in [0.5, 0.6) is 0 Å². The van der Waals surface area contributed by atoms with Crippen LogP contribution in [0.2, 0.25) is 0 Å². The predicted molar refractivity (Wildman–Crippen MR) is 144 cm³/mol. The maximum absolute atomic E-state index is 13.5. The van der Waals surface area contributed by atoms with Crippen molar-refractivity contribution in [2.24, 2.45) is 0 Å². The van der Waals surface area contributed by atoms with Gasteiger partial charge in [0, 0.05) is 25.9 Å². The molecule has 0 aliphatic rings. The van der Waals surface area contributed by atoms with E-state index in [1.807, 2.05) is 38.1 Å². The van der Waals surface area contributed by atoms with Crippen molar-refractivity contribution in [1.82, 2.24) is 14.8 Å². The monoisotopic (exact) mass is 540 g/mol. The highest BCUT2D eigenvalue weighted by Crippen LogP contribution is 2.37. The van der Waals surface area contributed by atoms with E-state index in [2.05, 4.69) is 10.3 Å². The van der Waals surface area contributed by atoms with Gasteiger partial charge in [0.2, 0.25) is 0 Å². The highest BCUT2D eigenvalue weighted by Gasteiger charge is 2.31. The molecule has 206 valence electrons. The summed E-state index contributed by atoms with van der Waals surface area (Å²) in [7, 11) is 1.66. The number of carbonyl (C=O) groups excluding carboxylic acids is 1. The standard InChI is InChI=1S/C29H31F3N4O3/c1-5-39-28(37)24-17-23(19-10-12-21(13-11-19)33-14-7-15-38-4)25-26(18(2)3)35-36(27(25)34-24)22-9-6-8-20(16-22)29(30,31)32/h6,8-13,16-18,33H,5,7,14-15H2,1-4H3. The number of methoxy groups -OCH3 is 1. The van der Waals surface area contributed by atoms with Gasteiger partial charge in [-0.1, -0.05) is 32.0 Å². The first-order valence-corrected chi connectivity index (χ1v) is 12.8. The summed E-state index contributed by atoms with van der Waals surface area (Å²) in [5.74, 6) is -0.699. The molecule has 0 amide bonds. The zero-order valence-electron chi connectivity index (χ0n) is 22.3. The van der Waals surface area contributed by atoms with Crippen LogP contribution in [0.25, 0.3) is 27.8 Å². The molecule has 4 aromatic rings. The van der Waals surface area contributed by atoms with Crippen molar-refractivity contribution in [3.05, 3.63) is 71.5 Å². The van der Waals surface area contributed by atoms with Crippen molar-refractivity contribution in [3.63, 3.8) is 0 Å². The van der Waals surface area contributed by atoms with Crippen LogP contribution in [0.1, 0.15) is 54.9 Å². The van der Waals surface area contributed by atoms with Crippen LogP contribution in [0.4, 0.5) is 18.9 Å². The number of carbonyl (C=O) groups is 1. The predicted octanol–water partition coefficient (Wildman–Crippen LogP) is 6.85. The first kappa shape index (κ1) is 28.1. The number of nitrogens with one attached hydrogen (secondary N) is 1. The van der Waals surface area contributed by atoms with Crippen LogP contribution in [0, 0.1) is 0 Å². The number of rotatable bonds is 10. The largest absolute Gasteiger partial charge is 0.461 e. The summed E-state index contributed by atoms with van der Waals surface area (Å²) in [5.41, 5.74) is 2.79. The van der Waals surface area contributed by atoms with Gasteiger partial charge >= 0.3 is 12.1 Å². The first-order chi connectivity index (χ1) is 18.6. The zero-order chi connectivity index (χ0) is 28.2. The highest BCUT2D eigenvalue weighted by atomic mass is 19.4. The first-order valence-electron chi connectivity index (χ1n) is 12.8. The number of fused-ring (bicyclic) bond motifs is 1. The van der Waals surface area contributed by atoms with Crippen LogP contribution in [-0.2, 0) is 15.7 Å². The molecule has 0 bridgehead atoms. The molecular formula is C29H31F3N4O3. The number of esters is 1. The van der Waals surface area contributed by atoms with E-state index in [0.29, 0.717) is 23.3 Å². The van der Waals surface area contributed by atoms with Crippen molar-refractivity contribution in [2.75, 3.05) is 32.2 Å². The lowest BCUT2D eigenvalue weighted by molar-refractivity contribution is -0.137. The summed E-state index contributed by atoms with van der Waals surface area (Å²) in [6.45, 7) is 7.16.